The Morgan fingerprint density at radius 1 is 0.340 bits per heavy atom. The van der Waals surface area contributed by atoms with E-state index in [1.165, 1.54) is 16.2 Å². The Kier molecular flexibility index (Phi) is 6.46. The lowest BCUT2D eigenvalue weighted by Crippen LogP contribution is -2.12. The van der Waals surface area contributed by atoms with Crippen LogP contribution in [0.1, 0.15) is 0 Å². The van der Waals surface area contributed by atoms with Gasteiger partial charge in [-0.2, -0.15) is 0 Å². The first-order chi connectivity index (χ1) is 23.3. The molecule has 9 aromatic rings. The average molecular weight is 603 g/mol. The zero-order chi connectivity index (χ0) is 31.2. The molecule has 0 saturated heterocycles. The van der Waals surface area contributed by atoms with Gasteiger partial charge in [0, 0.05) is 44.3 Å². The summed E-state index contributed by atoms with van der Waals surface area (Å²) in [5, 5.41) is 6.91. The summed E-state index contributed by atoms with van der Waals surface area (Å²) >= 11 is 0. The fourth-order valence-corrected chi connectivity index (χ4v) is 6.95. The first-order valence-corrected chi connectivity index (χ1v) is 16.0. The number of anilines is 6. The quantitative estimate of drug-likeness (QED) is 0.177. The molecule has 0 aliphatic carbocycles. The number of hydrogen-bond acceptors (Lipinski definition) is 3. The maximum atomic E-state index is 6.88. The number of benzene rings is 8. The first kappa shape index (κ1) is 27.0. The van der Waals surface area contributed by atoms with Crippen LogP contribution in [-0.4, -0.2) is 0 Å². The third-order valence-corrected chi connectivity index (χ3v) is 8.97. The number of nitrogens with zero attached hydrogens (tertiary/aromatic N) is 2. The topological polar surface area (TPSA) is 19.6 Å². The van der Waals surface area contributed by atoms with Gasteiger partial charge < -0.3 is 14.2 Å². The molecule has 0 aliphatic heterocycles. The number of rotatable bonds is 6. The van der Waals surface area contributed by atoms with Crippen LogP contribution in [0.5, 0.6) is 0 Å². The molecule has 9 rings (SSSR count). The fraction of sp³-hybridized carbons (Fsp3) is 0. The van der Waals surface area contributed by atoms with Crippen LogP contribution in [0.4, 0.5) is 34.1 Å². The molecule has 8 aromatic carbocycles. The summed E-state index contributed by atoms with van der Waals surface area (Å²) in [5.74, 6) is 0. The maximum absolute atomic E-state index is 6.88. The predicted molar refractivity (Wildman–Crippen MR) is 198 cm³/mol. The second-order valence-corrected chi connectivity index (χ2v) is 11.8. The van der Waals surface area contributed by atoms with Crippen molar-refractivity contribution in [2.75, 3.05) is 9.80 Å². The zero-order valence-corrected chi connectivity index (χ0v) is 25.6. The van der Waals surface area contributed by atoms with Gasteiger partial charge in [-0.1, -0.05) is 115 Å². The van der Waals surface area contributed by atoms with E-state index in [9.17, 15) is 0 Å². The SMILES string of the molecule is c1ccc(N(c2ccccc2)c2cc3ccccc3c3c2cc(N(c2ccccc2)c2ccccc2)c2oc4ccccc4c23)cc1. The van der Waals surface area contributed by atoms with Crippen LogP contribution in [0, 0.1) is 0 Å². The highest BCUT2D eigenvalue weighted by Crippen LogP contribution is 2.50. The highest BCUT2D eigenvalue weighted by Gasteiger charge is 2.26. The molecule has 47 heavy (non-hydrogen) atoms. The highest BCUT2D eigenvalue weighted by molar-refractivity contribution is 6.32. The molecule has 0 saturated carbocycles. The Morgan fingerprint density at radius 3 is 1.34 bits per heavy atom. The summed E-state index contributed by atoms with van der Waals surface area (Å²) in [6, 6.07) is 64.2. The minimum Gasteiger partial charge on any atom is -0.454 e. The monoisotopic (exact) mass is 602 g/mol. The summed E-state index contributed by atoms with van der Waals surface area (Å²) in [5.41, 5.74) is 8.13. The zero-order valence-electron chi connectivity index (χ0n) is 25.6. The van der Waals surface area contributed by atoms with Gasteiger partial charge >= 0.3 is 0 Å². The van der Waals surface area contributed by atoms with Crippen LogP contribution in [0.3, 0.4) is 0 Å². The van der Waals surface area contributed by atoms with Gasteiger partial charge in [-0.25, -0.2) is 0 Å². The molecule has 3 heteroatoms. The second kappa shape index (κ2) is 11.2. The van der Waals surface area contributed by atoms with Gasteiger partial charge in [0.2, 0.25) is 0 Å². The van der Waals surface area contributed by atoms with Gasteiger partial charge in [0.1, 0.15) is 5.58 Å². The van der Waals surface area contributed by atoms with Crippen molar-refractivity contribution in [3.63, 3.8) is 0 Å². The molecule has 1 aromatic heterocycles. The van der Waals surface area contributed by atoms with Gasteiger partial charge in [0.05, 0.1) is 11.4 Å². The van der Waals surface area contributed by atoms with Crippen LogP contribution in [0.25, 0.3) is 43.5 Å². The van der Waals surface area contributed by atoms with Crippen LogP contribution >= 0.6 is 0 Å². The molecule has 0 aliphatic rings. The van der Waals surface area contributed by atoms with E-state index in [1.54, 1.807) is 0 Å². The van der Waals surface area contributed by atoms with Gasteiger partial charge in [-0.05, 0) is 77.5 Å². The largest absolute Gasteiger partial charge is 0.454 e. The minimum atomic E-state index is 0.861. The van der Waals surface area contributed by atoms with Gasteiger partial charge in [-0.3, -0.25) is 0 Å². The van der Waals surface area contributed by atoms with E-state index in [-0.39, 0.29) is 0 Å². The molecule has 0 radical (unpaired) electrons. The fourth-order valence-electron chi connectivity index (χ4n) is 6.95. The number of para-hydroxylation sites is 5. The van der Waals surface area contributed by atoms with E-state index in [0.29, 0.717) is 0 Å². The molecule has 0 spiro atoms. The summed E-state index contributed by atoms with van der Waals surface area (Å²) in [4.78, 5) is 4.69. The summed E-state index contributed by atoms with van der Waals surface area (Å²) < 4.78 is 6.88. The van der Waals surface area contributed by atoms with E-state index < -0.39 is 0 Å². The molecule has 0 N–H and O–H groups in total. The number of furan rings is 1. The third kappa shape index (κ3) is 4.52. The number of hydrogen-bond donors (Lipinski definition) is 0. The molecule has 0 fully saturated rings. The number of fused-ring (bicyclic) bond motifs is 7. The van der Waals surface area contributed by atoms with Gasteiger partial charge in [-0.15, -0.1) is 0 Å². The van der Waals surface area contributed by atoms with Crippen LogP contribution in [0.15, 0.2) is 186 Å². The Hall–Kier alpha value is -6.32. The van der Waals surface area contributed by atoms with Crippen molar-refractivity contribution in [1.82, 2.24) is 0 Å². The molecule has 0 amide bonds. The van der Waals surface area contributed by atoms with E-state index >= 15 is 0 Å². The van der Waals surface area contributed by atoms with Crippen molar-refractivity contribution in [3.05, 3.63) is 182 Å². The van der Waals surface area contributed by atoms with Crippen molar-refractivity contribution in [3.8, 4) is 0 Å². The molecule has 3 nitrogen and oxygen atoms in total. The molecular formula is C44H30N2O. The maximum Gasteiger partial charge on any atom is 0.160 e. The predicted octanol–water partition coefficient (Wildman–Crippen LogP) is 12.8. The molecule has 0 atom stereocenters. The Morgan fingerprint density at radius 2 is 0.787 bits per heavy atom. The minimum absolute atomic E-state index is 0.861. The Labute approximate surface area is 273 Å². The molecular weight excluding hydrogens is 572 g/mol. The Balaban J connectivity index is 1.50. The van der Waals surface area contributed by atoms with Crippen LogP contribution < -0.4 is 9.80 Å². The van der Waals surface area contributed by atoms with Gasteiger partial charge in [0.15, 0.2) is 5.58 Å². The van der Waals surface area contributed by atoms with Crippen molar-refractivity contribution < 1.29 is 4.42 Å². The van der Waals surface area contributed by atoms with E-state index in [1.807, 2.05) is 0 Å². The summed E-state index contributed by atoms with van der Waals surface area (Å²) in [6.07, 6.45) is 0. The lowest BCUT2D eigenvalue weighted by atomic mass is 9.94. The Bertz CT molecular complexity index is 2350. The molecule has 0 bridgehead atoms. The lowest BCUT2D eigenvalue weighted by molar-refractivity contribution is 0.669. The van der Waals surface area contributed by atoms with E-state index in [2.05, 4.69) is 192 Å². The van der Waals surface area contributed by atoms with Crippen LogP contribution in [-0.2, 0) is 0 Å². The van der Waals surface area contributed by atoms with Crippen LogP contribution in [0.2, 0.25) is 0 Å². The summed E-state index contributed by atoms with van der Waals surface area (Å²) in [6.45, 7) is 0. The molecule has 1 heterocycles. The highest BCUT2D eigenvalue weighted by atomic mass is 16.3. The van der Waals surface area contributed by atoms with Crippen molar-refractivity contribution in [2.24, 2.45) is 0 Å². The average Bonchev–Trinajstić information content (AvgIpc) is 3.54. The lowest BCUT2D eigenvalue weighted by Gasteiger charge is -2.29. The van der Waals surface area contributed by atoms with Crippen molar-refractivity contribution in [2.45, 2.75) is 0 Å². The van der Waals surface area contributed by atoms with Crippen molar-refractivity contribution >= 4 is 77.6 Å². The van der Waals surface area contributed by atoms with Gasteiger partial charge in [0.25, 0.3) is 0 Å². The van der Waals surface area contributed by atoms with E-state index in [4.69, 9.17) is 4.42 Å². The van der Waals surface area contributed by atoms with E-state index in [0.717, 1.165) is 61.4 Å². The smallest absolute Gasteiger partial charge is 0.160 e. The standard InChI is InChI=1S/C44H30N2O/c1-5-18-32(19-6-1)45(33-20-7-2-8-21-33)39-29-31-17-13-14-26-36(31)42-38(39)30-40(44-43(42)37-27-15-16-28-41(37)47-44)46(34-22-9-3-10-23-34)35-24-11-4-12-25-35/h1-30H. The normalized spacial score (nSPS) is 11.4. The first-order valence-electron chi connectivity index (χ1n) is 16.0. The molecule has 222 valence electrons. The van der Waals surface area contributed by atoms with Crippen molar-refractivity contribution in [1.29, 1.82) is 0 Å². The third-order valence-electron chi connectivity index (χ3n) is 8.97. The molecule has 0 unspecified atom stereocenters. The second-order valence-electron chi connectivity index (χ2n) is 11.8. The summed E-state index contributed by atoms with van der Waals surface area (Å²) in [7, 11) is 0.